The maximum absolute atomic E-state index is 12.8. The van der Waals surface area contributed by atoms with Crippen LogP contribution in [0.1, 0.15) is 37.9 Å². The second-order valence-electron chi connectivity index (χ2n) is 6.98. The molecule has 29 heavy (non-hydrogen) atoms. The number of carbonyl (C=O) groups is 1. The minimum absolute atomic E-state index is 0.281. The molecule has 0 aliphatic heterocycles. The summed E-state index contributed by atoms with van der Waals surface area (Å²) in [5.41, 5.74) is 1.75. The Labute approximate surface area is 179 Å². The fourth-order valence-corrected chi connectivity index (χ4v) is 3.31. The standard InChI is InChI=1S/C21H22Cl2N4O2/c1-12(2)16-7-5-6-8-18(16)29-14(4)21(28)25-19-9-13(3)26-27(19)20-17(23)10-15(22)11-24-20/h5-12,14H,1-4H3,(H,25,28). The first kappa shape index (κ1) is 21.1. The average Bonchev–Trinajstić information content (AvgIpc) is 3.01. The largest absolute Gasteiger partial charge is 0.481 e. The fraction of sp³-hybridized carbons (Fsp3) is 0.286. The van der Waals surface area contributed by atoms with E-state index in [0.717, 1.165) is 5.56 Å². The van der Waals surface area contributed by atoms with Crippen molar-refractivity contribution in [3.05, 3.63) is 63.9 Å². The van der Waals surface area contributed by atoms with Crippen LogP contribution in [0, 0.1) is 6.92 Å². The number of benzene rings is 1. The van der Waals surface area contributed by atoms with Crippen LogP contribution in [0.25, 0.3) is 5.82 Å². The Balaban J connectivity index is 1.81. The monoisotopic (exact) mass is 432 g/mol. The Bertz CT molecular complexity index is 1030. The maximum Gasteiger partial charge on any atom is 0.266 e. The van der Waals surface area contributed by atoms with E-state index in [1.807, 2.05) is 31.2 Å². The summed E-state index contributed by atoms with van der Waals surface area (Å²) in [5.74, 6) is 1.48. The van der Waals surface area contributed by atoms with E-state index in [1.54, 1.807) is 19.1 Å². The Morgan fingerprint density at radius 3 is 2.59 bits per heavy atom. The molecule has 0 aliphatic carbocycles. The Kier molecular flexibility index (Phi) is 6.45. The minimum atomic E-state index is -0.716. The van der Waals surface area contributed by atoms with Crippen molar-refractivity contribution in [1.29, 1.82) is 0 Å². The molecule has 1 amide bonds. The van der Waals surface area contributed by atoms with Gasteiger partial charge in [-0.05, 0) is 37.5 Å². The van der Waals surface area contributed by atoms with Gasteiger partial charge >= 0.3 is 0 Å². The number of para-hydroxylation sites is 1. The van der Waals surface area contributed by atoms with Crippen molar-refractivity contribution in [2.45, 2.75) is 39.7 Å². The van der Waals surface area contributed by atoms with Crippen LogP contribution in [0.4, 0.5) is 5.82 Å². The van der Waals surface area contributed by atoms with Crippen molar-refractivity contribution in [2.24, 2.45) is 0 Å². The van der Waals surface area contributed by atoms with Gasteiger partial charge in [0, 0.05) is 12.3 Å². The lowest BCUT2D eigenvalue weighted by Crippen LogP contribution is -2.31. The third kappa shape index (κ3) is 4.89. The first-order chi connectivity index (χ1) is 13.8. The topological polar surface area (TPSA) is 69.0 Å². The molecule has 0 spiro atoms. The number of aromatic nitrogens is 3. The zero-order valence-corrected chi connectivity index (χ0v) is 18.1. The highest BCUT2D eigenvalue weighted by Gasteiger charge is 2.20. The van der Waals surface area contributed by atoms with E-state index in [0.29, 0.717) is 33.1 Å². The van der Waals surface area contributed by atoms with E-state index < -0.39 is 6.10 Å². The molecule has 0 saturated carbocycles. The third-order valence-electron chi connectivity index (χ3n) is 4.29. The van der Waals surface area contributed by atoms with E-state index in [9.17, 15) is 4.79 Å². The Morgan fingerprint density at radius 2 is 1.90 bits per heavy atom. The molecule has 2 heterocycles. The molecule has 152 valence electrons. The normalized spacial score (nSPS) is 12.1. The molecule has 3 rings (SSSR count). The smallest absolute Gasteiger partial charge is 0.266 e. The first-order valence-electron chi connectivity index (χ1n) is 9.20. The van der Waals surface area contributed by atoms with Gasteiger partial charge in [0.1, 0.15) is 11.6 Å². The lowest BCUT2D eigenvalue weighted by molar-refractivity contribution is -0.122. The van der Waals surface area contributed by atoms with Crippen molar-refractivity contribution < 1.29 is 9.53 Å². The maximum atomic E-state index is 12.8. The molecule has 8 heteroatoms. The molecule has 1 unspecified atom stereocenters. The van der Waals surface area contributed by atoms with Gasteiger partial charge < -0.3 is 10.1 Å². The number of rotatable bonds is 6. The predicted octanol–water partition coefficient (Wildman–Crippen LogP) is 5.41. The summed E-state index contributed by atoms with van der Waals surface area (Å²) in [7, 11) is 0. The van der Waals surface area contributed by atoms with E-state index in [1.165, 1.54) is 10.9 Å². The van der Waals surface area contributed by atoms with Crippen LogP contribution < -0.4 is 10.1 Å². The number of nitrogens with zero attached hydrogens (tertiary/aromatic N) is 3. The van der Waals surface area contributed by atoms with Crippen molar-refractivity contribution >= 4 is 34.9 Å². The number of amides is 1. The van der Waals surface area contributed by atoms with E-state index in [4.69, 9.17) is 27.9 Å². The average molecular weight is 433 g/mol. The van der Waals surface area contributed by atoms with Crippen molar-refractivity contribution in [3.8, 4) is 11.6 Å². The highest BCUT2D eigenvalue weighted by atomic mass is 35.5. The SMILES string of the molecule is Cc1cc(NC(=O)C(C)Oc2ccccc2C(C)C)n(-c2ncc(Cl)cc2Cl)n1. The van der Waals surface area contributed by atoms with Gasteiger partial charge in [0.15, 0.2) is 11.9 Å². The molecule has 0 fully saturated rings. The van der Waals surface area contributed by atoms with Crippen LogP contribution in [-0.4, -0.2) is 26.8 Å². The summed E-state index contributed by atoms with van der Waals surface area (Å²) in [6, 6.07) is 11.0. The van der Waals surface area contributed by atoms with Crippen LogP contribution in [0.5, 0.6) is 5.75 Å². The van der Waals surface area contributed by atoms with Crippen LogP contribution in [0.15, 0.2) is 42.6 Å². The number of anilines is 1. The zero-order chi connectivity index (χ0) is 21.1. The van der Waals surface area contributed by atoms with Crippen molar-refractivity contribution in [2.75, 3.05) is 5.32 Å². The third-order valence-corrected chi connectivity index (χ3v) is 4.77. The van der Waals surface area contributed by atoms with Gasteiger partial charge in [0.2, 0.25) is 0 Å². The van der Waals surface area contributed by atoms with Gasteiger partial charge in [-0.1, -0.05) is 55.2 Å². The van der Waals surface area contributed by atoms with Crippen LogP contribution in [0.2, 0.25) is 10.0 Å². The Morgan fingerprint density at radius 1 is 1.17 bits per heavy atom. The van der Waals surface area contributed by atoms with E-state index in [2.05, 4.69) is 29.2 Å². The minimum Gasteiger partial charge on any atom is -0.481 e. The molecular formula is C21H22Cl2N4O2. The quantitative estimate of drug-likeness (QED) is 0.564. The highest BCUT2D eigenvalue weighted by molar-refractivity contribution is 6.35. The van der Waals surface area contributed by atoms with Gasteiger partial charge in [0.05, 0.1) is 15.7 Å². The molecule has 0 radical (unpaired) electrons. The number of pyridine rings is 1. The highest BCUT2D eigenvalue weighted by Crippen LogP contribution is 2.28. The Hall–Kier alpha value is -2.57. The van der Waals surface area contributed by atoms with Crippen molar-refractivity contribution in [1.82, 2.24) is 14.8 Å². The lowest BCUT2D eigenvalue weighted by Gasteiger charge is -2.19. The van der Waals surface area contributed by atoms with Gasteiger partial charge in [-0.2, -0.15) is 9.78 Å². The summed E-state index contributed by atoms with van der Waals surface area (Å²) in [5, 5.41) is 7.96. The molecule has 0 saturated heterocycles. The number of hydrogen-bond acceptors (Lipinski definition) is 4. The summed E-state index contributed by atoms with van der Waals surface area (Å²) < 4.78 is 7.40. The zero-order valence-electron chi connectivity index (χ0n) is 16.6. The number of nitrogens with one attached hydrogen (secondary N) is 1. The molecule has 1 aromatic carbocycles. The van der Waals surface area contributed by atoms with Gasteiger partial charge in [-0.25, -0.2) is 4.98 Å². The van der Waals surface area contributed by atoms with Crippen LogP contribution in [-0.2, 0) is 4.79 Å². The molecular weight excluding hydrogens is 411 g/mol. The van der Waals surface area contributed by atoms with Crippen LogP contribution >= 0.6 is 23.2 Å². The fourth-order valence-electron chi connectivity index (χ4n) is 2.85. The molecule has 3 aromatic rings. The van der Waals surface area contributed by atoms with Gasteiger partial charge in [0.25, 0.3) is 5.91 Å². The summed E-state index contributed by atoms with van der Waals surface area (Å²) in [6.45, 7) is 7.68. The van der Waals surface area contributed by atoms with Crippen LogP contribution in [0.3, 0.4) is 0 Å². The molecule has 1 N–H and O–H groups in total. The second kappa shape index (κ2) is 8.84. The number of aryl methyl sites for hydroxylation is 1. The van der Waals surface area contributed by atoms with Crippen molar-refractivity contribution in [3.63, 3.8) is 0 Å². The number of carbonyl (C=O) groups excluding carboxylic acids is 1. The summed E-state index contributed by atoms with van der Waals surface area (Å²) in [6.07, 6.45) is 0.757. The molecule has 2 aromatic heterocycles. The number of hydrogen-bond donors (Lipinski definition) is 1. The van der Waals surface area contributed by atoms with Gasteiger partial charge in [-0.3, -0.25) is 4.79 Å². The van der Waals surface area contributed by atoms with E-state index in [-0.39, 0.29) is 11.8 Å². The predicted molar refractivity (Wildman–Crippen MR) is 115 cm³/mol. The van der Waals surface area contributed by atoms with E-state index >= 15 is 0 Å². The van der Waals surface area contributed by atoms with Gasteiger partial charge in [-0.15, -0.1) is 0 Å². The number of halogens is 2. The second-order valence-corrected chi connectivity index (χ2v) is 7.83. The summed E-state index contributed by atoms with van der Waals surface area (Å²) in [4.78, 5) is 17.0. The molecule has 0 aliphatic rings. The molecule has 0 bridgehead atoms. The molecule has 1 atom stereocenters. The lowest BCUT2D eigenvalue weighted by atomic mass is 10.0. The first-order valence-corrected chi connectivity index (χ1v) is 9.96. The summed E-state index contributed by atoms with van der Waals surface area (Å²) >= 11 is 12.2. The molecule has 6 nitrogen and oxygen atoms in total. The number of ether oxygens (including phenoxy) is 1.